The predicted molar refractivity (Wildman–Crippen MR) is 105 cm³/mol. The number of ether oxygens (including phenoxy) is 2. The molecule has 0 unspecified atom stereocenters. The number of nitrogens with one attached hydrogen (secondary N) is 2. The second kappa shape index (κ2) is 9.50. The molecule has 140 valence electrons. The van der Waals surface area contributed by atoms with Crippen LogP contribution < -0.4 is 25.0 Å². The molecule has 1 aromatic heterocycles. The van der Waals surface area contributed by atoms with Crippen molar-refractivity contribution in [2.75, 3.05) is 40.3 Å². The van der Waals surface area contributed by atoms with Gasteiger partial charge in [0.1, 0.15) is 5.82 Å². The Morgan fingerprint density at radius 3 is 2.42 bits per heavy atom. The van der Waals surface area contributed by atoms with Crippen LogP contribution in [0.25, 0.3) is 0 Å². The van der Waals surface area contributed by atoms with Crippen molar-refractivity contribution >= 4 is 11.8 Å². The first-order valence-corrected chi connectivity index (χ1v) is 8.36. The quantitative estimate of drug-likeness (QED) is 0.584. The van der Waals surface area contributed by atoms with E-state index in [9.17, 15) is 0 Å². The molecule has 2 rings (SSSR count). The summed E-state index contributed by atoms with van der Waals surface area (Å²) in [5, 5.41) is 6.56. The maximum atomic E-state index is 5.33. The van der Waals surface area contributed by atoms with Crippen molar-refractivity contribution < 1.29 is 9.47 Å². The van der Waals surface area contributed by atoms with Crippen LogP contribution in [0.1, 0.15) is 11.3 Å². The molecule has 0 radical (unpaired) electrons. The second-order valence-electron chi connectivity index (χ2n) is 5.85. The first kappa shape index (κ1) is 19.4. The van der Waals surface area contributed by atoms with Crippen molar-refractivity contribution in [2.24, 2.45) is 4.99 Å². The highest BCUT2D eigenvalue weighted by atomic mass is 16.5. The number of hydrogen-bond donors (Lipinski definition) is 2. The Labute approximate surface area is 155 Å². The molecule has 0 aliphatic carbocycles. The van der Waals surface area contributed by atoms with Crippen LogP contribution in [-0.4, -0.2) is 46.3 Å². The summed E-state index contributed by atoms with van der Waals surface area (Å²) >= 11 is 0. The fourth-order valence-corrected chi connectivity index (χ4v) is 2.39. The third-order valence-corrected chi connectivity index (χ3v) is 3.82. The number of nitrogens with zero attached hydrogens (tertiary/aromatic N) is 3. The van der Waals surface area contributed by atoms with Crippen molar-refractivity contribution in [2.45, 2.75) is 13.1 Å². The number of anilines is 1. The number of pyridine rings is 1. The van der Waals surface area contributed by atoms with E-state index in [1.807, 2.05) is 55.4 Å². The summed E-state index contributed by atoms with van der Waals surface area (Å²) < 4.78 is 10.6. The van der Waals surface area contributed by atoms with Crippen LogP contribution in [0.5, 0.6) is 11.5 Å². The molecular weight excluding hydrogens is 330 g/mol. The van der Waals surface area contributed by atoms with E-state index in [0.717, 1.165) is 17.1 Å². The highest BCUT2D eigenvalue weighted by Crippen LogP contribution is 2.27. The van der Waals surface area contributed by atoms with Crippen molar-refractivity contribution in [3.05, 3.63) is 47.7 Å². The Balaban J connectivity index is 1.93. The van der Waals surface area contributed by atoms with E-state index in [0.29, 0.717) is 30.5 Å². The number of aliphatic imine (C=N–C) groups is 1. The predicted octanol–water partition coefficient (Wildman–Crippen LogP) is 2.03. The lowest BCUT2D eigenvalue weighted by molar-refractivity contribution is 0.354. The fraction of sp³-hybridized carbons (Fsp3) is 0.368. The van der Waals surface area contributed by atoms with E-state index in [1.165, 1.54) is 0 Å². The molecule has 2 aromatic rings. The summed E-state index contributed by atoms with van der Waals surface area (Å²) in [6.07, 6.45) is 0. The summed E-state index contributed by atoms with van der Waals surface area (Å²) in [5.41, 5.74) is 2.02. The van der Waals surface area contributed by atoms with Crippen LogP contribution in [0.4, 0.5) is 5.82 Å². The van der Waals surface area contributed by atoms with Crippen LogP contribution in [0.2, 0.25) is 0 Å². The van der Waals surface area contributed by atoms with Gasteiger partial charge in [0.2, 0.25) is 0 Å². The zero-order valence-corrected chi connectivity index (χ0v) is 16.0. The monoisotopic (exact) mass is 357 g/mol. The minimum atomic E-state index is 0.591. The lowest BCUT2D eigenvalue weighted by Gasteiger charge is -2.15. The molecule has 0 aliphatic rings. The molecule has 0 atom stereocenters. The van der Waals surface area contributed by atoms with Gasteiger partial charge in [-0.25, -0.2) is 4.98 Å². The average molecular weight is 357 g/mol. The first-order valence-electron chi connectivity index (χ1n) is 8.36. The van der Waals surface area contributed by atoms with Gasteiger partial charge in [0.15, 0.2) is 17.5 Å². The van der Waals surface area contributed by atoms with Crippen molar-refractivity contribution in [1.82, 2.24) is 15.6 Å². The van der Waals surface area contributed by atoms with Gasteiger partial charge in [0.25, 0.3) is 0 Å². The molecule has 1 heterocycles. The number of guanidine groups is 1. The number of benzene rings is 1. The summed E-state index contributed by atoms with van der Waals surface area (Å²) in [7, 11) is 8.95. The lowest BCUT2D eigenvalue weighted by Crippen LogP contribution is -2.36. The van der Waals surface area contributed by atoms with Crippen LogP contribution in [0.15, 0.2) is 41.4 Å². The minimum Gasteiger partial charge on any atom is -0.493 e. The molecule has 0 saturated heterocycles. The number of methoxy groups -OCH3 is 2. The van der Waals surface area contributed by atoms with Gasteiger partial charge in [-0.15, -0.1) is 0 Å². The summed E-state index contributed by atoms with van der Waals surface area (Å²) in [5.74, 6) is 3.06. The molecular formula is C19H27N5O2. The third-order valence-electron chi connectivity index (χ3n) is 3.82. The molecule has 0 saturated carbocycles. The molecule has 0 spiro atoms. The van der Waals surface area contributed by atoms with Gasteiger partial charge in [-0.2, -0.15) is 0 Å². The van der Waals surface area contributed by atoms with E-state index in [4.69, 9.17) is 9.47 Å². The molecule has 2 N–H and O–H groups in total. The van der Waals surface area contributed by atoms with Crippen LogP contribution in [-0.2, 0) is 13.1 Å². The van der Waals surface area contributed by atoms with E-state index >= 15 is 0 Å². The average Bonchev–Trinajstić information content (AvgIpc) is 2.68. The Kier molecular flexibility index (Phi) is 7.08. The van der Waals surface area contributed by atoms with E-state index in [-0.39, 0.29) is 0 Å². The molecule has 0 aliphatic heterocycles. The lowest BCUT2D eigenvalue weighted by atomic mass is 10.2. The van der Waals surface area contributed by atoms with Gasteiger partial charge in [-0.3, -0.25) is 4.99 Å². The smallest absolute Gasteiger partial charge is 0.191 e. The first-order chi connectivity index (χ1) is 12.6. The van der Waals surface area contributed by atoms with Gasteiger partial charge in [-0.05, 0) is 29.8 Å². The molecule has 0 amide bonds. The summed E-state index contributed by atoms with van der Waals surface area (Å²) in [4.78, 5) is 10.8. The zero-order chi connectivity index (χ0) is 18.9. The minimum absolute atomic E-state index is 0.591. The normalized spacial score (nSPS) is 11.0. The topological polar surface area (TPSA) is 71.0 Å². The Morgan fingerprint density at radius 1 is 1.04 bits per heavy atom. The maximum Gasteiger partial charge on any atom is 0.191 e. The highest BCUT2D eigenvalue weighted by molar-refractivity contribution is 5.79. The van der Waals surface area contributed by atoms with Gasteiger partial charge < -0.3 is 25.0 Å². The maximum absolute atomic E-state index is 5.33. The number of rotatable bonds is 7. The van der Waals surface area contributed by atoms with Crippen LogP contribution >= 0.6 is 0 Å². The van der Waals surface area contributed by atoms with Gasteiger partial charge in [-0.1, -0.05) is 12.1 Å². The Morgan fingerprint density at radius 2 is 1.77 bits per heavy atom. The van der Waals surface area contributed by atoms with Gasteiger partial charge >= 0.3 is 0 Å². The number of aromatic nitrogens is 1. The largest absolute Gasteiger partial charge is 0.493 e. The molecule has 0 bridgehead atoms. The summed E-state index contributed by atoms with van der Waals surface area (Å²) in [6.45, 7) is 1.21. The number of hydrogen-bond acceptors (Lipinski definition) is 5. The van der Waals surface area contributed by atoms with E-state index < -0.39 is 0 Å². The van der Waals surface area contributed by atoms with E-state index in [1.54, 1.807) is 21.3 Å². The Bertz CT molecular complexity index is 746. The highest BCUT2D eigenvalue weighted by Gasteiger charge is 2.06. The van der Waals surface area contributed by atoms with Crippen molar-refractivity contribution in [1.29, 1.82) is 0 Å². The van der Waals surface area contributed by atoms with Crippen molar-refractivity contribution in [3.8, 4) is 11.5 Å². The summed E-state index contributed by atoms with van der Waals surface area (Å²) in [6, 6.07) is 11.8. The SMILES string of the molecule is CN=C(NCc1ccc(OC)c(OC)c1)NCc1cccc(N(C)C)n1. The van der Waals surface area contributed by atoms with E-state index in [2.05, 4.69) is 20.6 Å². The van der Waals surface area contributed by atoms with Crippen LogP contribution in [0, 0.1) is 0 Å². The van der Waals surface area contributed by atoms with Gasteiger partial charge in [0.05, 0.1) is 26.5 Å². The van der Waals surface area contributed by atoms with Crippen LogP contribution in [0.3, 0.4) is 0 Å². The molecule has 7 nitrogen and oxygen atoms in total. The molecule has 0 fully saturated rings. The fourth-order valence-electron chi connectivity index (χ4n) is 2.39. The second-order valence-corrected chi connectivity index (χ2v) is 5.85. The molecule has 26 heavy (non-hydrogen) atoms. The van der Waals surface area contributed by atoms with Gasteiger partial charge in [0, 0.05) is 27.7 Å². The Hall–Kier alpha value is -2.96. The zero-order valence-electron chi connectivity index (χ0n) is 16.0. The molecule has 7 heteroatoms. The van der Waals surface area contributed by atoms with Crippen molar-refractivity contribution in [3.63, 3.8) is 0 Å². The standard InChI is InChI=1S/C19H27N5O2/c1-20-19(22-13-15-7-6-8-18(23-15)24(2)3)21-12-14-9-10-16(25-4)17(11-14)26-5/h6-11H,12-13H2,1-5H3,(H2,20,21,22). The third kappa shape index (κ3) is 5.27. The molecule has 1 aromatic carbocycles.